The molecule has 0 aliphatic rings. The molecule has 2 rings (SSSR count). The molecule has 0 aliphatic carbocycles. The van der Waals surface area contributed by atoms with Crippen molar-refractivity contribution in [2.24, 2.45) is 0 Å². The average molecular weight is 352 g/mol. The number of aromatic nitrogens is 1. The molecular formula is C15H14BrNO2S. The molecule has 0 fully saturated rings. The molecule has 0 saturated carbocycles. The number of rotatable bonds is 5. The second kappa shape index (κ2) is 6.90. The Morgan fingerprint density at radius 1 is 1.30 bits per heavy atom. The second-order valence-corrected chi connectivity index (χ2v) is 6.31. The number of aryl methyl sites for hydroxylation is 1. The first-order valence-corrected chi connectivity index (χ1v) is 7.87. The summed E-state index contributed by atoms with van der Waals surface area (Å²) in [5.41, 5.74) is 1.12. The van der Waals surface area contributed by atoms with E-state index in [2.05, 4.69) is 27.8 Å². The number of carboxylic acid groups (broad SMARTS) is 1. The van der Waals surface area contributed by atoms with Gasteiger partial charge >= 0.3 is 5.97 Å². The number of carboxylic acids is 1. The Balaban J connectivity index is 2.29. The van der Waals surface area contributed by atoms with Gasteiger partial charge in [0.25, 0.3) is 0 Å². The summed E-state index contributed by atoms with van der Waals surface area (Å²) < 4.78 is 1.01. The summed E-state index contributed by atoms with van der Waals surface area (Å²) in [5, 5.41) is 9.88. The van der Waals surface area contributed by atoms with Crippen LogP contribution in [0.2, 0.25) is 0 Å². The Morgan fingerprint density at radius 3 is 2.60 bits per heavy atom. The SMILES string of the molecule is CCCc1cc(C(=O)O)cc(Sc2ccc(Br)cc2)n1. The van der Waals surface area contributed by atoms with Crippen LogP contribution in [-0.2, 0) is 6.42 Å². The third-order valence-electron chi connectivity index (χ3n) is 2.64. The lowest BCUT2D eigenvalue weighted by Gasteiger charge is -2.06. The molecule has 0 amide bonds. The normalized spacial score (nSPS) is 10.5. The van der Waals surface area contributed by atoms with E-state index in [0.29, 0.717) is 5.56 Å². The highest BCUT2D eigenvalue weighted by molar-refractivity contribution is 9.10. The number of benzene rings is 1. The van der Waals surface area contributed by atoms with Gasteiger partial charge < -0.3 is 5.11 Å². The van der Waals surface area contributed by atoms with E-state index in [0.717, 1.165) is 32.9 Å². The van der Waals surface area contributed by atoms with Gasteiger partial charge in [-0.25, -0.2) is 9.78 Å². The molecule has 0 unspecified atom stereocenters. The van der Waals surface area contributed by atoms with Crippen molar-refractivity contribution in [2.75, 3.05) is 0 Å². The van der Waals surface area contributed by atoms with Crippen LogP contribution < -0.4 is 0 Å². The lowest BCUT2D eigenvalue weighted by atomic mass is 10.2. The van der Waals surface area contributed by atoms with Gasteiger partial charge in [0.2, 0.25) is 0 Å². The highest BCUT2D eigenvalue weighted by Crippen LogP contribution is 2.28. The first-order chi connectivity index (χ1) is 9.58. The van der Waals surface area contributed by atoms with Gasteiger partial charge in [-0.2, -0.15) is 0 Å². The summed E-state index contributed by atoms with van der Waals surface area (Å²) in [5.74, 6) is -0.914. The van der Waals surface area contributed by atoms with E-state index in [-0.39, 0.29) is 0 Å². The molecule has 0 spiro atoms. The summed E-state index contributed by atoms with van der Waals surface area (Å²) in [6.07, 6.45) is 1.73. The molecule has 0 atom stereocenters. The molecule has 2 aromatic rings. The Bertz CT molecular complexity index is 614. The van der Waals surface area contributed by atoms with Gasteiger partial charge in [0.05, 0.1) is 5.56 Å². The Hall–Kier alpha value is -1.33. The highest BCUT2D eigenvalue weighted by Gasteiger charge is 2.09. The molecule has 104 valence electrons. The monoisotopic (exact) mass is 351 g/mol. The fourth-order valence-corrected chi connectivity index (χ4v) is 2.87. The van der Waals surface area contributed by atoms with Crippen molar-refractivity contribution in [3.8, 4) is 0 Å². The number of halogens is 1. The summed E-state index contributed by atoms with van der Waals surface area (Å²) >= 11 is 4.86. The summed E-state index contributed by atoms with van der Waals surface area (Å²) in [7, 11) is 0. The maximum Gasteiger partial charge on any atom is 0.335 e. The van der Waals surface area contributed by atoms with Crippen molar-refractivity contribution in [3.63, 3.8) is 0 Å². The summed E-state index contributed by atoms with van der Waals surface area (Å²) in [4.78, 5) is 16.7. The number of hydrogen-bond donors (Lipinski definition) is 1. The van der Waals surface area contributed by atoms with Gasteiger partial charge in [0, 0.05) is 15.1 Å². The zero-order valence-electron chi connectivity index (χ0n) is 11.0. The van der Waals surface area contributed by atoms with E-state index < -0.39 is 5.97 Å². The van der Waals surface area contributed by atoms with E-state index in [1.807, 2.05) is 24.3 Å². The fraction of sp³-hybridized carbons (Fsp3) is 0.200. The minimum absolute atomic E-state index is 0.295. The minimum atomic E-state index is -0.914. The standard InChI is InChI=1S/C15H14BrNO2S/c1-2-3-12-8-10(15(18)19)9-14(17-12)20-13-6-4-11(16)5-7-13/h4-9H,2-3H2,1H3,(H,18,19). The molecule has 20 heavy (non-hydrogen) atoms. The maximum atomic E-state index is 11.2. The van der Waals surface area contributed by atoms with Gasteiger partial charge in [0.1, 0.15) is 5.03 Å². The topological polar surface area (TPSA) is 50.2 Å². The summed E-state index contributed by atoms with van der Waals surface area (Å²) in [6, 6.07) is 11.1. The minimum Gasteiger partial charge on any atom is -0.478 e. The van der Waals surface area contributed by atoms with E-state index in [1.54, 1.807) is 12.1 Å². The molecule has 0 radical (unpaired) electrons. The van der Waals surface area contributed by atoms with Crippen LogP contribution in [0.25, 0.3) is 0 Å². The molecule has 0 aliphatic heterocycles. The lowest BCUT2D eigenvalue weighted by molar-refractivity contribution is 0.0696. The van der Waals surface area contributed by atoms with Crippen molar-refractivity contribution >= 4 is 33.7 Å². The van der Waals surface area contributed by atoms with Crippen LogP contribution >= 0.6 is 27.7 Å². The molecular weight excluding hydrogens is 338 g/mol. The third kappa shape index (κ3) is 4.08. The number of hydrogen-bond acceptors (Lipinski definition) is 3. The van der Waals surface area contributed by atoms with Crippen LogP contribution in [0.4, 0.5) is 0 Å². The van der Waals surface area contributed by atoms with Crippen LogP contribution in [0.15, 0.2) is 50.8 Å². The number of nitrogens with zero attached hydrogens (tertiary/aromatic N) is 1. The Morgan fingerprint density at radius 2 is 2.00 bits per heavy atom. The quantitative estimate of drug-likeness (QED) is 0.851. The van der Waals surface area contributed by atoms with Crippen molar-refractivity contribution in [1.82, 2.24) is 4.98 Å². The molecule has 1 aromatic carbocycles. The van der Waals surface area contributed by atoms with E-state index in [1.165, 1.54) is 11.8 Å². The second-order valence-electron chi connectivity index (χ2n) is 4.30. The first kappa shape index (κ1) is 15.1. The number of carbonyl (C=O) groups is 1. The van der Waals surface area contributed by atoms with Gasteiger partial charge in [-0.05, 0) is 42.8 Å². The first-order valence-electron chi connectivity index (χ1n) is 6.26. The lowest BCUT2D eigenvalue weighted by Crippen LogP contribution is -2.01. The van der Waals surface area contributed by atoms with Gasteiger partial charge in [0.15, 0.2) is 0 Å². The van der Waals surface area contributed by atoms with E-state index in [4.69, 9.17) is 5.11 Å². The Kier molecular flexibility index (Phi) is 5.20. The van der Waals surface area contributed by atoms with Crippen LogP contribution in [0.5, 0.6) is 0 Å². The number of aromatic carboxylic acids is 1. The van der Waals surface area contributed by atoms with E-state index >= 15 is 0 Å². The molecule has 0 saturated heterocycles. The molecule has 1 N–H and O–H groups in total. The van der Waals surface area contributed by atoms with E-state index in [9.17, 15) is 4.79 Å². The van der Waals surface area contributed by atoms with Crippen molar-refractivity contribution in [1.29, 1.82) is 0 Å². The Labute approximate surface area is 130 Å². The van der Waals surface area contributed by atoms with Crippen molar-refractivity contribution < 1.29 is 9.90 Å². The molecule has 1 aromatic heterocycles. The molecule has 5 heteroatoms. The van der Waals surface area contributed by atoms with Gasteiger partial charge in [-0.3, -0.25) is 0 Å². The van der Waals surface area contributed by atoms with Crippen LogP contribution in [0.3, 0.4) is 0 Å². The molecule has 1 heterocycles. The van der Waals surface area contributed by atoms with Gasteiger partial charge in [-0.1, -0.05) is 41.0 Å². The largest absolute Gasteiger partial charge is 0.478 e. The molecule has 0 bridgehead atoms. The fourth-order valence-electron chi connectivity index (χ4n) is 1.74. The van der Waals surface area contributed by atoms with Crippen LogP contribution in [-0.4, -0.2) is 16.1 Å². The van der Waals surface area contributed by atoms with Gasteiger partial charge in [-0.15, -0.1) is 0 Å². The maximum absolute atomic E-state index is 11.2. The van der Waals surface area contributed by atoms with Crippen molar-refractivity contribution in [2.45, 2.75) is 29.7 Å². The zero-order valence-corrected chi connectivity index (χ0v) is 13.4. The van der Waals surface area contributed by atoms with Crippen molar-refractivity contribution in [3.05, 3.63) is 52.1 Å². The third-order valence-corrected chi connectivity index (χ3v) is 4.10. The van der Waals surface area contributed by atoms with Crippen LogP contribution in [0.1, 0.15) is 29.4 Å². The predicted octanol–water partition coefficient (Wildman–Crippen LogP) is 4.65. The molecule has 3 nitrogen and oxygen atoms in total. The van der Waals surface area contributed by atoms with Crippen LogP contribution in [0, 0.1) is 0 Å². The number of pyridine rings is 1. The average Bonchev–Trinajstić information content (AvgIpc) is 2.41. The smallest absolute Gasteiger partial charge is 0.335 e. The predicted molar refractivity (Wildman–Crippen MR) is 83.5 cm³/mol. The zero-order chi connectivity index (χ0) is 14.5. The highest BCUT2D eigenvalue weighted by atomic mass is 79.9. The summed E-state index contributed by atoms with van der Waals surface area (Å²) in [6.45, 7) is 2.05.